The fourth-order valence-electron chi connectivity index (χ4n) is 1.43. The molecule has 0 aliphatic carbocycles. The molecule has 0 N–H and O–H groups in total. The maximum absolute atomic E-state index is 12.5. The summed E-state index contributed by atoms with van der Waals surface area (Å²) in [4.78, 5) is 7.43. The molecular weight excluding hydrogens is 207 g/mol. The molecule has 0 atom stereocenters. The van der Waals surface area contributed by atoms with Crippen LogP contribution in [0.3, 0.4) is 0 Å². The SMILES string of the molecule is Cc1cnc2c(c1)nc(C(F)(F)F)n2C. The molecule has 0 radical (unpaired) electrons. The second-order valence-corrected chi connectivity index (χ2v) is 3.35. The van der Waals surface area contributed by atoms with Crippen molar-refractivity contribution in [2.45, 2.75) is 13.1 Å². The number of aromatic nitrogens is 3. The molecular formula is C9H8F3N3. The fourth-order valence-corrected chi connectivity index (χ4v) is 1.43. The van der Waals surface area contributed by atoms with Gasteiger partial charge in [-0.2, -0.15) is 13.2 Å². The van der Waals surface area contributed by atoms with Gasteiger partial charge in [0.2, 0.25) is 5.82 Å². The molecule has 0 fully saturated rings. The van der Waals surface area contributed by atoms with Crippen LogP contribution in [0.4, 0.5) is 13.2 Å². The van der Waals surface area contributed by atoms with Crippen LogP contribution in [-0.4, -0.2) is 14.5 Å². The van der Waals surface area contributed by atoms with Gasteiger partial charge in [0.15, 0.2) is 5.65 Å². The number of fused-ring (bicyclic) bond motifs is 1. The van der Waals surface area contributed by atoms with E-state index in [1.54, 1.807) is 13.0 Å². The van der Waals surface area contributed by atoms with Crippen LogP contribution >= 0.6 is 0 Å². The Kier molecular flexibility index (Phi) is 1.95. The van der Waals surface area contributed by atoms with Gasteiger partial charge in [-0.1, -0.05) is 0 Å². The molecule has 0 saturated carbocycles. The largest absolute Gasteiger partial charge is 0.449 e. The number of imidazole rings is 1. The van der Waals surface area contributed by atoms with Crippen molar-refractivity contribution in [3.05, 3.63) is 23.7 Å². The van der Waals surface area contributed by atoms with Gasteiger partial charge in [-0.25, -0.2) is 9.97 Å². The maximum Gasteiger partial charge on any atom is 0.449 e. The molecule has 0 aromatic carbocycles. The fraction of sp³-hybridized carbons (Fsp3) is 0.333. The quantitative estimate of drug-likeness (QED) is 0.675. The molecule has 2 heterocycles. The Morgan fingerprint density at radius 1 is 1.33 bits per heavy atom. The van der Waals surface area contributed by atoms with E-state index in [9.17, 15) is 13.2 Å². The summed E-state index contributed by atoms with van der Waals surface area (Å²) in [7, 11) is 1.31. The number of rotatable bonds is 0. The molecule has 2 aromatic rings. The third kappa shape index (κ3) is 1.55. The van der Waals surface area contributed by atoms with Gasteiger partial charge in [0.25, 0.3) is 0 Å². The van der Waals surface area contributed by atoms with Crippen LogP contribution in [0, 0.1) is 6.92 Å². The van der Waals surface area contributed by atoms with Crippen molar-refractivity contribution in [1.29, 1.82) is 0 Å². The Hall–Kier alpha value is -1.59. The summed E-state index contributed by atoms with van der Waals surface area (Å²) < 4.78 is 38.4. The Morgan fingerprint density at radius 3 is 2.60 bits per heavy atom. The summed E-state index contributed by atoms with van der Waals surface area (Å²) in [5, 5.41) is 0. The van der Waals surface area contributed by atoms with Crippen molar-refractivity contribution >= 4 is 11.2 Å². The lowest BCUT2D eigenvalue weighted by molar-refractivity contribution is -0.146. The molecule has 15 heavy (non-hydrogen) atoms. The van der Waals surface area contributed by atoms with Gasteiger partial charge in [0, 0.05) is 13.2 Å². The molecule has 6 heteroatoms. The first kappa shape index (κ1) is 9.95. The zero-order chi connectivity index (χ0) is 11.2. The molecule has 2 rings (SSSR count). The van der Waals surface area contributed by atoms with Crippen LogP contribution in [0.15, 0.2) is 12.3 Å². The third-order valence-corrected chi connectivity index (χ3v) is 2.10. The van der Waals surface area contributed by atoms with Crippen LogP contribution in [0.2, 0.25) is 0 Å². The summed E-state index contributed by atoms with van der Waals surface area (Å²) in [6, 6.07) is 1.58. The number of hydrogen-bond acceptors (Lipinski definition) is 2. The summed E-state index contributed by atoms with van der Waals surface area (Å²) in [5.41, 5.74) is 1.30. The highest BCUT2D eigenvalue weighted by Gasteiger charge is 2.36. The monoisotopic (exact) mass is 215 g/mol. The molecule has 0 spiro atoms. The highest BCUT2D eigenvalue weighted by Crippen LogP contribution is 2.30. The lowest BCUT2D eigenvalue weighted by Crippen LogP contribution is -2.12. The van der Waals surface area contributed by atoms with E-state index in [4.69, 9.17) is 0 Å². The van der Waals surface area contributed by atoms with E-state index >= 15 is 0 Å². The summed E-state index contributed by atoms with van der Waals surface area (Å²) >= 11 is 0. The van der Waals surface area contributed by atoms with E-state index in [-0.39, 0.29) is 11.2 Å². The topological polar surface area (TPSA) is 30.7 Å². The molecule has 80 valence electrons. The average molecular weight is 215 g/mol. The first-order valence-electron chi connectivity index (χ1n) is 4.26. The van der Waals surface area contributed by atoms with Crippen LogP contribution in [0.1, 0.15) is 11.4 Å². The second kappa shape index (κ2) is 2.95. The van der Waals surface area contributed by atoms with Crippen LogP contribution in [0.25, 0.3) is 11.2 Å². The first-order chi connectivity index (χ1) is 6.89. The number of halogens is 3. The molecule has 0 aliphatic rings. The number of aryl methyl sites for hydroxylation is 2. The minimum atomic E-state index is -4.44. The molecule has 0 amide bonds. The lowest BCUT2D eigenvalue weighted by Gasteiger charge is -2.04. The molecule has 0 unspecified atom stereocenters. The van der Waals surface area contributed by atoms with Crippen LogP contribution in [-0.2, 0) is 13.2 Å². The minimum absolute atomic E-state index is 0.243. The molecule has 2 aromatic heterocycles. The Bertz CT molecular complexity index is 513. The van der Waals surface area contributed by atoms with Crippen LogP contribution in [0.5, 0.6) is 0 Å². The standard InChI is InChI=1S/C9H8F3N3/c1-5-3-6-7(13-4-5)15(2)8(14-6)9(10,11)12/h3-4H,1-2H3. The van der Waals surface area contributed by atoms with Crippen LogP contribution < -0.4 is 0 Å². The second-order valence-electron chi connectivity index (χ2n) is 3.35. The smallest absolute Gasteiger partial charge is 0.308 e. The highest BCUT2D eigenvalue weighted by atomic mass is 19.4. The molecule has 0 bridgehead atoms. The Labute approximate surface area is 83.6 Å². The van der Waals surface area contributed by atoms with E-state index in [0.717, 1.165) is 10.1 Å². The highest BCUT2D eigenvalue weighted by molar-refractivity contribution is 5.72. The van der Waals surface area contributed by atoms with Crippen molar-refractivity contribution in [2.75, 3.05) is 0 Å². The predicted octanol–water partition coefficient (Wildman–Crippen LogP) is 2.30. The van der Waals surface area contributed by atoms with Gasteiger partial charge >= 0.3 is 6.18 Å². The molecule has 0 saturated heterocycles. The van der Waals surface area contributed by atoms with Gasteiger partial charge in [0.1, 0.15) is 5.52 Å². The maximum atomic E-state index is 12.5. The Balaban J connectivity index is 2.75. The van der Waals surface area contributed by atoms with E-state index in [0.29, 0.717) is 0 Å². The van der Waals surface area contributed by atoms with E-state index in [2.05, 4.69) is 9.97 Å². The van der Waals surface area contributed by atoms with E-state index in [1.165, 1.54) is 13.2 Å². The van der Waals surface area contributed by atoms with Crippen molar-refractivity contribution in [2.24, 2.45) is 7.05 Å². The van der Waals surface area contributed by atoms with Gasteiger partial charge in [0.05, 0.1) is 0 Å². The third-order valence-electron chi connectivity index (χ3n) is 2.10. The first-order valence-corrected chi connectivity index (χ1v) is 4.26. The normalized spacial score (nSPS) is 12.3. The Morgan fingerprint density at radius 2 is 2.00 bits per heavy atom. The molecule has 3 nitrogen and oxygen atoms in total. The van der Waals surface area contributed by atoms with Crippen molar-refractivity contribution in [3.63, 3.8) is 0 Å². The van der Waals surface area contributed by atoms with E-state index < -0.39 is 12.0 Å². The zero-order valence-corrected chi connectivity index (χ0v) is 8.13. The summed E-state index contributed by atoms with van der Waals surface area (Å²) in [6.07, 6.45) is -2.92. The average Bonchev–Trinajstić information content (AvgIpc) is 2.42. The van der Waals surface area contributed by atoms with E-state index in [1.807, 2.05) is 0 Å². The number of pyridine rings is 1. The summed E-state index contributed by atoms with van der Waals surface area (Å²) in [6.45, 7) is 1.76. The van der Waals surface area contributed by atoms with Gasteiger partial charge < -0.3 is 4.57 Å². The van der Waals surface area contributed by atoms with Gasteiger partial charge in [-0.15, -0.1) is 0 Å². The molecule has 0 aliphatic heterocycles. The van der Waals surface area contributed by atoms with Crippen molar-refractivity contribution in [1.82, 2.24) is 14.5 Å². The zero-order valence-electron chi connectivity index (χ0n) is 8.13. The van der Waals surface area contributed by atoms with Gasteiger partial charge in [-0.3, -0.25) is 0 Å². The predicted molar refractivity (Wildman–Crippen MR) is 48.2 cm³/mol. The van der Waals surface area contributed by atoms with Crippen molar-refractivity contribution in [3.8, 4) is 0 Å². The number of hydrogen-bond donors (Lipinski definition) is 0. The lowest BCUT2D eigenvalue weighted by atomic mass is 10.3. The minimum Gasteiger partial charge on any atom is -0.308 e. The summed E-state index contributed by atoms with van der Waals surface area (Å²) in [5.74, 6) is -0.921. The van der Waals surface area contributed by atoms with Crippen molar-refractivity contribution < 1.29 is 13.2 Å². The number of alkyl halides is 3. The van der Waals surface area contributed by atoms with Gasteiger partial charge in [-0.05, 0) is 18.6 Å². The number of nitrogens with zero attached hydrogens (tertiary/aromatic N) is 3.